The molecule has 3 rings (SSSR count). The van der Waals surface area contributed by atoms with Gasteiger partial charge >= 0.3 is 0 Å². The zero-order chi connectivity index (χ0) is 16.2. The molecule has 2 unspecified atom stereocenters. The van der Waals surface area contributed by atoms with Gasteiger partial charge in [0.15, 0.2) is 9.84 Å². The first-order chi connectivity index (χ1) is 10.1. The van der Waals surface area contributed by atoms with E-state index >= 15 is 0 Å². The molecule has 2 aliphatic rings. The highest BCUT2D eigenvalue weighted by Crippen LogP contribution is 2.45. The second-order valence-corrected chi connectivity index (χ2v) is 15.6. The van der Waals surface area contributed by atoms with Gasteiger partial charge in [-0.2, -0.15) is 0 Å². The number of fused-ring (bicyclic) bond motifs is 2. The van der Waals surface area contributed by atoms with Crippen LogP contribution in [-0.4, -0.2) is 32.1 Å². The molecule has 2 bridgehead atoms. The lowest BCUT2D eigenvalue weighted by Gasteiger charge is -2.44. The number of hydrogen-bond acceptors (Lipinski definition) is 3. The van der Waals surface area contributed by atoms with Gasteiger partial charge in [0.25, 0.3) is 0 Å². The van der Waals surface area contributed by atoms with E-state index in [1.165, 1.54) is 5.19 Å². The summed E-state index contributed by atoms with van der Waals surface area (Å²) in [4.78, 5) is 0. The van der Waals surface area contributed by atoms with Gasteiger partial charge in [0, 0.05) is 0 Å². The van der Waals surface area contributed by atoms with E-state index in [4.69, 9.17) is 0 Å². The van der Waals surface area contributed by atoms with Crippen molar-refractivity contribution in [3.8, 4) is 0 Å². The Balaban J connectivity index is 1.99. The van der Waals surface area contributed by atoms with Crippen molar-refractivity contribution in [2.75, 3.05) is 0 Å². The average Bonchev–Trinajstić information content (AvgIpc) is 2.40. The number of benzene rings is 1. The van der Waals surface area contributed by atoms with Crippen LogP contribution in [0, 0.1) is 0 Å². The van der Waals surface area contributed by atoms with Crippen molar-refractivity contribution in [3.05, 3.63) is 29.8 Å². The third-order valence-electron chi connectivity index (χ3n) is 5.38. The molecule has 22 heavy (non-hydrogen) atoms. The van der Waals surface area contributed by atoms with Gasteiger partial charge in [0.2, 0.25) is 0 Å². The van der Waals surface area contributed by atoms with Crippen LogP contribution < -0.4 is 5.19 Å². The van der Waals surface area contributed by atoms with Gasteiger partial charge in [-0.05, 0) is 31.2 Å². The molecule has 0 amide bonds. The minimum absolute atomic E-state index is 0.361. The molecule has 2 aliphatic heterocycles. The monoisotopic (exact) mass is 338 g/mol. The van der Waals surface area contributed by atoms with Crippen LogP contribution in [0.15, 0.2) is 24.3 Å². The Labute approximate surface area is 134 Å². The Morgan fingerprint density at radius 1 is 1.14 bits per heavy atom. The quantitative estimate of drug-likeness (QED) is 0.843. The van der Waals surface area contributed by atoms with E-state index in [1.807, 2.05) is 12.1 Å². The normalized spacial score (nSPS) is 34.4. The first kappa shape index (κ1) is 16.2. The maximum atomic E-state index is 12.4. The lowest BCUT2D eigenvalue weighted by Crippen LogP contribution is -2.50. The first-order valence-corrected chi connectivity index (χ1v) is 13.3. The topological polar surface area (TPSA) is 54.4 Å². The van der Waals surface area contributed by atoms with Crippen molar-refractivity contribution in [2.45, 2.75) is 67.8 Å². The molecule has 2 saturated heterocycles. The number of rotatable bonds is 2. The Morgan fingerprint density at radius 3 is 2.27 bits per heavy atom. The van der Waals surface area contributed by atoms with Gasteiger partial charge in [0.05, 0.1) is 24.2 Å². The molecule has 0 aliphatic carbocycles. The fourth-order valence-electron chi connectivity index (χ4n) is 3.96. The van der Waals surface area contributed by atoms with Crippen LogP contribution in [0.25, 0.3) is 0 Å². The van der Waals surface area contributed by atoms with Gasteiger partial charge in [-0.1, -0.05) is 55.5 Å². The van der Waals surface area contributed by atoms with Crippen LogP contribution in [0.2, 0.25) is 19.6 Å². The molecule has 0 radical (unpaired) electrons. The van der Waals surface area contributed by atoms with Crippen LogP contribution in [0.4, 0.5) is 0 Å². The zero-order valence-corrected chi connectivity index (χ0v) is 15.5. The summed E-state index contributed by atoms with van der Waals surface area (Å²) in [6.45, 7) is 6.86. The molecule has 2 atom stereocenters. The number of aliphatic hydroxyl groups is 1. The molecule has 3 nitrogen and oxygen atoms in total. The minimum atomic E-state index is -3.03. The Kier molecular flexibility index (Phi) is 3.82. The van der Waals surface area contributed by atoms with Crippen molar-refractivity contribution < 1.29 is 13.5 Å². The summed E-state index contributed by atoms with van der Waals surface area (Å²) in [5.74, 6) is 0. The fourth-order valence-corrected chi connectivity index (χ4v) is 7.69. The van der Waals surface area contributed by atoms with E-state index in [-0.39, 0.29) is 10.5 Å². The summed E-state index contributed by atoms with van der Waals surface area (Å²) in [6.07, 6.45) is 3.10. The van der Waals surface area contributed by atoms with E-state index < -0.39 is 23.5 Å². The molecule has 2 heterocycles. The molecule has 5 heteroatoms. The second kappa shape index (κ2) is 5.18. The molecule has 1 N–H and O–H groups in total. The molecule has 1 aromatic carbocycles. The van der Waals surface area contributed by atoms with E-state index in [0.717, 1.165) is 12.0 Å². The highest BCUT2D eigenvalue weighted by atomic mass is 32.2. The van der Waals surface area contributed by atoms with Crippen LogP contribution in [-0.2, 0) is 15.4 Å². The molecule has 122 valence electrons. The smallest absolute Gasteiger partial charge is 0.156 e. The number of sulfone groups is 1. The van der Waals surface area contributed by atoms with Crippen molar-refractivity contribution in [1.82, 2.24) is 0 Å². The Hall–Kier alpha value is -0.653. The molecule has 0 spiro atoms. The Bertz CT molecular complexity index is 655. The van der Waals surface area contributed by atoms with Crippen LogP contribution >= 0.6 is 0 Å². The van der Waals surface area contributed by atoms with Gasteiger partial charge in [-0.15, -0.1) is 0 Å². The predicted molar refractivity (Wildman–Crippen MR) is 92.9 cm³/mol. The molecule has 1 aromatic rings. The summed E-state index contributed by atoms with van der Waals surface area (Å²) in [7, 11) is -4.48. The SMILES string of the molecule is C[Si](C)(C)c1cccc(C2(O)CC3CCCC(C2)S3(=O)=O)c1. The lowest BCUT2D eigenvalue weighted by atomic mass is 9.80. The van der Waals surface area contributed by atoms with Crippen LogP contribution in [0.3, 0.4) is 0 Å². The predicted octanol–water partition coefficient (Wildman–Crippen LogP) is 2.55. The average molecular weight is 339 g/mol. The summed E-state index contributed by atoms with van der Waals surface area (Å²) in [5.41, 5.74) is -0.0595. The summed E-state index contributed by atoms with van der Waals surface area (Å²) < 4.78 is 24.9. The zero-order valence-electron chi connectivity index (χ0n) is 13.7. The highest BCUT2D eigenvalue weighted by molar-refractivity contribution is 7.92. The van der Waals surface area contributed by atoms with Gasteiger partial charge in [-0.25, -0.2) is 8.42 Å². The summed E-state index contributed by atoms with van der Waals surface area (Å²) in [6, 6.07) is 8.25. The van der Waals surface area contributed by atoms with E-state index in [2.05, 4.69) is 31.8 Å². The van der Waals surface area contributed by atoms with E-state index in [9.17, 15) is 13.5 Å². The fraction of sp³-hybridized carbons (Fsp3) is 0.647. The van der Waals surface area contributed by atoms with Gasteiger partial charge < -0.3 is 5.11 Å². The first-order valence-electron chi connectivity index (χ1n) is 8.19. The number of hydrogen-bond donors (Lipinski definition) is 1. The summed E-state index contributed by atoms with van der Waals surface area (Å²) >= 11 is 0. The third kappa shape index (κ3) is 2.67. The third-order valence-corrected chi connectivity index (χ3v) is 10.1. The molecular formula is C17H26O3SSi. The molecular weight excluding hydrogens is 312 g/mol. The van der Waals surface area contributed by atoms with Crippen LogP contribution in [0.5, 0.6) is 0 Å². The Morgan fingerprint density at radius 2 is 1.73 bits per heavy atom. The lowest BCUT2D eigenvalue weighted by molar-refractivity contribution is 0.00507. The van der Waals surface area contributed by atoms with Gasteiger partial charge in [0.1, 0.15) is 0 Å². The molecule has 2 fully saturated rings. The van der Waals surface area contributed by atoms with E-state index in [1.54, 1.807) is 0 Å². The standard InChI is InChI=1S/C17H26O3SSi/c1-22(2,3)16-9-4-6-13(10-16)17(18)11-14-7-5-8-15(12-17)21(14,19)20/h4,6,9-10,14-15,18H,5,7-8,11-12H2,1-3H3. The van der Waals surface area contributed by atoms with E-state index in [0.29, 0.717) is 25.7 Å². The maximum Gasteiger partial charge on any atom is 0.156 e. The van der Waals surface area contributed by atoms with Crippen molar-refractivity contribution in [3.63, 3.8) is 0 Å². The minimum Gasteiger partial charge on any atom is -0.385 e. The molecule has 0 aromatic heterocycles. The highest BCUT2D eigenvalue weighted by Gasteiger charge is 2.51. The van der Waals surface area contributed by atoms with Crippen molar-refractivity contribution in [1.29, 1.82) is 0 Å². The molecule has 0 saturated carbocycles. The largest absolute Gasteiger partial charge is 0.385 e. The maximum absolute atomic E-state index is 12.4. The second-order valence-electron chi connectivity index (χ2n) is 8.03. The van der Waals surface area contributed by atoms with Gasteiger partial charge in [-0.3, -0.25) is 0 Å². The van der Waals surface area contributed by atoms with Crippen LogP contribution in [0.1, 0.15) is 37.7 Å². The summed E-state index contributed by atoms with van der Waals surface area (Å²) in [5, 5.41) is 11.8. The van der Waals surface area contributed by atoms with Crippen molar-refractivity contribution >= 4 is 23.1 Å². The van der Waals surface area contributed by atoms with Crippen molar-refractivity contribution in [2.24, 2.45) is 0 Å².